The molecule has 0 saturated carbocycles. The molecule has 1 N–H and O–H groups in total. The van der Waals surface area contributed by atoms with E-state index in [4.69, 9.17) is 0 Å². The average molecular weight is 421 g/mol. The van der Waals surface area contributed by atoms with Gasteiger partial charge in [0.2, 0.25) is 0 Å². The number of nitrogens with zero attached hydrogens (tertiary/aromatic N) is 1. The highest BCUT2D eigenvalue weighted by Crippen LogP contribution is 2.25. The molecular weight excluding hydrogens is 404 g/mol. The van der Waals surface area contributed by atoms with Crippen LogP contribution in [-0.4, -0.2) is 18.9 Å². The van der Waals surface area contributed by atoms with E-state index in [1.807, 2.05) is 31.5 Å². The highest BCUT2D eigenvalue weighted by atomic mass is 79.9. The highest BCUT2D eigenvalue weighted by molar-refractivity contribution is 9.10. The van der Waals surface area contributed by atoms with Gasteiger partial charge in [0.1, 0.15) is 0 Å². The van der Waals surface area contributed by atoms with E-state index in [0.717, 1.165) is 26.6 Å². The van der Waals surface area contributed by atoms with Crippen molar-refractivity contribution in [2.24, 2.45) is 7.05 Å². The zero-order valence-electron chi connectivity index (χ0n) is 14.0. The van der Waals surface area contributed by atoms with Gasteiger partial charge in [0.05, 0.1) is 4.90 Å². The number of nitrogens with one attached hydrogen (secondary N) is 1. The van der Waals surface area contributed by atoms with Gasteiger partial charge in [-0.15, -0.1) is 0 Å². The lowest BCUT2D eigenvalue weighted by molar-refractivity contribution is 0.0981. The molecule has 130 valence electrons. The van der Waals surface area contributed by atoms with Crippen molar-refractivity contribution < 1.29 is 13.2 Å². The maximum absolute atomic E-state index is 12.4. The molecule has 0 radical (unpaired) electrons. The Kier molecular flexibility index (Phi) is 4.47. The quantitative estimate of drug-likeness (QED) is 0.702. The molecule has 1 heterocycles. The summed E-state index contributed by atoms with van der Waals surface area (Å²) < 4.78 is 29.7. The second-order valence-electron chi connectivity index (χ2n) is 5.89. The third-order valence-electron chi connectivity index (χ3n) is 4.42. The Bertz CT molecular complexity index is 1080. The molecule has 0 aliphatic rings. The third-order valence-corrected chi connectivity index (χ3v) is 6.30. The van der Waals surface area contributed by atoms with Gasteiger partial charge in [-0.25, -0.2) is 13.1 Å². The fourth-order valence-electron chi connectivity index (χ4n) is 2.75. The molecule has 2 aromatic carbocycles. The molecule has 0 saturated heterocycles. The molecule has 3 rings (SSSR count). The number of aryl methyl sites for hydroxylation is 2. The first-order chi connectivity index (χ1) is 11.7. The number of amides is 1. The molecule has 0 fully saturated rings. The van der Waals surface area contributed by atoms with E-state index in [-0.39, 0.29) is 4.90 Å². The summed E-state index contributed by atoms with van der Waals surface area (Å²) in [6.45, 7) is 3.99. The van der Waals surface area contributed by atoms with Crippen LogP contribution in [-0.2, 0) is 17.1 Å². The van der Waals surface area contributed by atoms with E-state index < -0.39 is 15.9 Å². The summed E-state index contributed by atoms with van der Waals surface area (Å²) in [6, 6.07) is 11.3. The van der Waals surface area contributed by atoms with Crippen LogP contribution >= 0.6 is 15.9 Å². The van der Waals surface area contributed by atoms with Crippen LogP contribution in [0.3, 0.4) is 0 Å². The highest BCUT2D eigenvalue weighted by Gasteiger charge is 2.19. The largest absolute Gasteiger partial charge is 0.348 e. The standard InChI is InChI=1S/C18H17BrN2O3S/c1-11-12(2)21(3)17-9-4-13(10-16(11)17)18(22)20-25(23,24)15-7-5-14(19)6-8-15/h4-10H,1-3H3,(H,20,22). The van der Waals surface area contributed by atoms with Gasteiger partial charge in [-0.1, -0.05) is 15.9 Å². The Morgan fingerprint density at radius 1 is 1.08 bits per heavy atom. The number of fused-ring (bicyclic) bond motifs is 1. The van der Waals surface area contributed by atoms with Gasteiger partial charge < -0.3 is 4.57 Å². The van der Waals surface area contributed by atoms with Crippen molar-refractivity contribution in [3.63, 3.8) is 0 Å². The van der Waals surface area contributed by atoms with Crippen molar-refractivity contribution in [1.29, 1.82) is 0 Å². The summed E-state index contributed by atoms with van der Waals surface area (Å²) in [5, 5.41) is 0.939. The molecule has 1 amide bonds. The van der Waals surface area contributed by atoms with Crippen LogP contribution in [0.25, 0.3) is 10.9 Å². The van der Waals surface area contributed by atoms with Crippen molar-refractivity contribution in [2.75, 3.05) is 0 Å². The summed E-state index contributed by atoms with van der Waals surface area (Å²) in [6.07, 6.45) is 0. The van der Waals surface area contributed by atoms with Crippen LogP contribution in [0.4, 0.5) is 0 Å². The van der Waals surface area contributed by atoms with Gasteiger partial charge >= 0.3 is 0 Å². The lowest BCUT2D eigenvalue weighted by atomic mass is 10.1. The van der Waals surface area contributed by atoms with Crippen molar-refractivity contribution in [2.45, 2.75) is 18.7 Å². The van der Waals surface area contributed by atoms with Crippen molar-refractivity contribution >= 4 is 42.8 Å². The fraction of sp³-hybridized carbons (Fsp3) is 0.167. The van der Waals surface area contributed by atoms with E-state index in [9.17, 15) is 13.2 Å². The van der Waals surface area contributed by atoms with Gasteiger partial charge in [-0.2, -0.15) is 0 Å². The third kappa shape index (κ3) is 3.21. The Labute approximate surface area is 154 Å². The molecule has 7 heteroatoms. The monoisotopic (exact) mass is 420 g/mol. The number of carbonyl (C=O) groups is 1. The number of rotatable bonds is 3. The molecule has 25 heavy (non-hydrogen) atoms. The molecular formula is C18H17BrN2O3S. The van der Waals surface area contributed by atoms with E-state index in [1.54, 1.807) is 24.3 Å². The molecule has 0 spiro atoms. The maximum Gasteiger partial charge on any atom is 0.265 e. The summed E-state index contributed by atoms with van der Waals surface area (Å²) in [7, 11) is -1.96. The SMILES string of the molecule is Cc1c(C)n(C)c2ccc(C(=O)NS(=O)(=O)c3ccc(Br)cc3)cc12. The smallest absolute Gasteiger partial charge is 0.265 e. The van der Waals surface area contributed by atoms with Gasteiger partial charge in [-0.3, -0.25) is 4.79 Å². The predicted molar refractivity (Wildman–Crippen MR) is 101 cm³/mol. The summed E-state index contributed by atoms with van der Waals surface area (Å²) in [5.74, 6) is -0.647. The molecule has 1 aromatic heterocycles. The second-order valence-corrected chi connectivity index (χ2v) is 8.49. The molecule has 3 aromatic rings. The average Bonchev–Trinajstić information content (AvgIpc) is 2.79. The van der Waals surface area contributed by atoms with Crippen LogP contribution in [0.15, 0.2) is 51.8 Å². The zero-order chi connectivity index (χ0) is 18.4. The van der Waals surface area contributed by atoms with E-state index in [0.29, 0.717) is 5.56 Å². The fourth-order valence-corrected chi connectivity index (χ4v) is 3.99. The Hall–Kier alpha value is -2.12. The minimum Gasteiger partial charge on any atom is -0.348 e. The van der Waals surface area contributed by atoms with Gasteiger partial charge in [-0.05, 0) is 61.9 Å². The number of halogens is 1. The van der Waals surface area contributed by atoms with Crippen LogP contribution in [0.1, 0.15) is 21.6 Å². The first-order valence-corrected chi connectivity index (χ1v) is 9.86. The van der Waals surface area contributed by atoms with E-state index >= 15 is 0 Å². The van der Waals surface area contributed by atoms with Gasteiger partial charge in [0.25, 0.3) is 15.9 Å². The van der Waals surface area contributed by atoms with Gasteiger partial charge in [0, 0.05) is 33.7 Å². The summed E-state index contributed by atoms with van der Waals surface area (Å²) in [5.41, 5.74) is 3.49. The van der Waals surface area contributed by atoms with E-state index in [2.05, 4.69) is 20.7 Å². The molecule has 0 unspecified atom stereocenters. The topological polar surface area (TPSA) is 68.2 Å². The van der Waals surface area contributed by atoms with Crippen molar-refractivity contribution in [1.82, 2.24) is 9.29 Å². The number of hydrogen-bond acceptors (Lipinski definition) is 3. The van der Waals surface area contributed by atoms with Crippen LogP contribution < -0.4 is 4.72 Å². The number of hydrogen-bond donors (Lipinski definition) is 1. The molecule has 0 aliphatic heterocycles. The van der Waals surface area contributed by atoms with Crippen molar-refractivity contribution in [3.8, 4) is 0 Å². The molecule has 5 nitrogen and oxygen atoms in total. The zero-order valence-corrected chi connectivity index (χ0v) is 16.4. The molecule has 0 bridgehead atoms. The lowest BCUT2D eigenvalue weighted by Gasteiger charge is -2.08. The van der Waals surface area contributed by atoms with E-state index in [1.165, 1.54) is 12.1 Å². The Balaban J connectivity index is 1.94. The maximum atomic E-state index is 12.4. The van der Waals surface area contributed by atoms with Crippen LogP contribution in [0, 0.1) is 13.8 Å². The Morgan fingerprint density at radius 2 is 1.72 bits per heavy atom. The minimum atomic E-state index is -3.92. The first-order valence-electron chi connectivity index (χ1n) is 7.59. The number of benzene rings is 2. The summed E-state index contributed by atoms with van der Waals surface area (Å²) >= 11 is 3.25. The van der Waals surface area contributed by atoms with Crippen LogP contribution in [0.5, 0.6) is 0 Å². The minimum absolute atomic E-state index is 0.0388. The van der Waals surface area contributed by atoms with Gasteiger partial charge in [0.15, 0.2) is 0 Å². The second kappa shape index (κ2) is 6.31. The Morgan fingerprint density at radius 3 is 2.36 bits per heavy atom. The number of aromatic nitrogens is 1. The van der Waals surface area contributed by atoms with Crippen LogP contribution in [0.2, 0.25) is 0 Å². The molecule has 0 atom stereocenters. The first kappa shape index (κ1) is 17.7. The van der Waals surface area contributed by atoms with Crippen molar-refractivity contribution in [3.05, 3.63) is 63.8 Å². The number of sulfonamides is 1. The summed E-state index contributed by atoms with van der Waals surface area (Å²) in [4.78, 5) is 12.5. The number of carbonyl (C=O) groups excluding carboxylic acids is 1. The lowest BCUT2D eigenvalue weighted by Crippen LogP contribution is -2.30. The molecule has 0 aliphatic carbocycles. The normalized spacial score (nSPS) is 11.7. The predicted octanol–water partition coefficient (Wildman–Crippen LogP) is 3.68.